The van der Waals surface area contributed by atoms with Gasteiger partial charge in [-0.15, -0.1) is 0 Å². The molecule has 0 aliphatic heterocycles. The van der Waals surface area contributed by atoms with Crippen molar-refractivity contribution in [2.75, 3.05) is 0 Å². The summed E-state index contributed by atoms with van der Waals surface area (Å²) in [5, 5.41) is 0. The Morgan fingerprint density at radius 1 is 0.652 bits per heavy atom. The fraction of sp³-hybridized carbons (Fsp3) is 1.00. The van der Waals surface area contributed by atoms with Crippen molar-refractivity contribution in [2.24, 2.45) is 0 Å². The third kappa shape index (κ3) is 9.13. The molecule has 0 heterocycles. The van der Waals surface area contributed by atoms with Crippen molar-refractivity contribution >= 4 is 33.1 Å². The van der Waals surface area contributed by atoms with Gasteiger partial charge >= 0.3 is 0 Å². The standard InChI is InChI=1S/C16H44N2OSi4/c1-13-15(17-20(3,4)5)23(12,19-22(9,10)11)16(14-2)18-21(6,7)8/h15-18H,13-14H2,1-12H3. The van der Waals surface area contributed by atoms with Gasteiger partial charge in [-0.25, -0.2) is 0 Å². The molecular weight excluding hydrogens is 349 g/mol. The number of hydrogen-bond donors (Lipinski definition) is 2. The van der Waals surface area contributed by atoms with Crippen LogP contribution in [0.3, 0.4) is 0 Å². The Hall–Kier alpha value is 0.748. The van der Waals surface area contributed by atoms with Crippen LogP contribution in [0.25, 0.3) is 0 Å². The number of nitrogens with one attached hydrogen (secondary N) is 2. The van der Waals surface area contributed by atoms with Crippen molar-refractivity contribution < 1.29 is 4.12 Å². The van der Waals surface area contributed by atoms with Gasteiger partial charge in [0.15, 0.2) is 8.32 Å². The van der Waals surface area contributed by atoms with Gasteiger partial charge in [-0.2, -0.15) is 0 Å². The molecule has 7 heteroatoms. The smallest absolute Gasteiger partial charge is 0.209 e. The van der Waals surface area contributed by atoms with Gasteiger partial charge in [0.05, 0.1) is 0 Å². The summed E-state index contributed by atoms with van der Waals surface area (Å²) in [6.07, 6.45) is 2.34. The minimum atomic E-state index is -1.95. The molecule has 0 aromatic heterocycles. The van der Waals surface area contributed by atoms with Crippen molar-refractivity contribution in [1.29, 1.82) is 0 Å². The maximum absolute atomic E-state index is 7.02. The van der Waals surface area contributed by atoms with Crippen molar-refractivity contribution in [2.45, 2.75) is 103 Å². The van der Waals surface area contributed by atoms with Gasteiger partial charge in [-0.3, -0.25) is 0 Å². The van der Waals surface area contributed by atoms with E-state index in [-0.39, 0.29) is 0 Å². The highest BCUT2D eigenvalue weighted by atomic mass is 28.4. The molecule has 23 heavy (non-hydrogen) atoms. The summed E-state index contributed by atoms with van der Waals surface area (Å²) in [7, 11) is -6.22. The van der Waals surface area contributed by atoms with Gasteiger partial charge < -0.3 is 14.1 Å². The molecule has 2 N–H and O–H groups in total. The van der Waals surface area contributed by atoms with Crippen molar-refractivity contribution in [1.82, 2.24) is 9.96 Å². The van der Waals surface area contributed by atoms with E-state index in [9.17, 15) is 0 Å². The summed E-state index contributed by atoms with van der Waals surface area (Å²) in [5.41, 5.74) is 1.07. The van der Waals surface area contributed by atoms with Gasteiger partial charge in [0.1, 0.15) is 16.5 Å². The molecule has 0 aliphatic carbocycles. The van der Waals surface area contributed by atoms with Crippen LogP contribution in [0.15, 0.2) is 0 Å². The Bertz CT molecular complexity index is 335. The average Bonchev–Trinajstić information content (AvgIpc) is 2.28. The van der Waals surface area contributed by atoms with E-state index >= 15 is 0 Å². The van der Waals surface area contributed by atoms with E-state index in [0.717, 1.165) is 0 Å². The SMILES string of the molecule is CCC(N[Si](C)(C)C)[Si](C)(O[Si](C)(C)C)C(CC)N[Si](C)(C)C. The Labute approximate surface area is 150 Å². The van der Waals surface area contributed by atoms with Crippen LogP contribution in [-0.4, -0.2) is 44.4 Å². The maximum Gasteiger partial charge on any atom is 0.209 e. The van der Waals surface area contributed by atoms with Crippen LogP contribution in [0.2, 0.25) is 65.5 Å². The second-order valence-corrected chi connectivity index (χ2v) is 28.5. The lowest BCUT2D eigenvalue weighted by Gasteiger charge is -2.48. The Morgan fingerprint density at radius 3 is 1.13 bits per heavy atom. The quantitative estimate of drug-likeness (QED) is 0.519. The highest BCUT2D eigenvalue weighted by Gasteiger charge is 2.48. The van der Waals surface area contributed by atoms with E-state index in [4.69, 9.17) is 4.12 Å². The summed E-state index contributed by atoms with van der Waals surface area (Å²) in [6, 6.07) is 0. The van der Waals surface area contributed by atoms with Crippen LogP contribution in [0.1, 0.15) is 26.7 Å². The van der Waals surface area contributed by atoms with Crippen LogP contribution < -0.4 is 9.96 Å². The van der Waals surface area contributed by atoms with Crippen molar-refractivity contribution in [3.8, 4) is 0 Å². The molecule has 0 aromatic carbocycles. The van der Waals surface area contributed by atoms with E-state index in [0.29, 0.717) is 11.3 Å². The molecule has 0 saturated heterocycles. The van der Waals surface area contributed by atoms with E-state index in [1.165, 1.54) is 12.8 Å². The highest BCUT2D eigenvalue weighted by molar-refractivity contribution is 6.88. The van der Waals surface area contributed by atoms with Crippen LogP contribution in [-0.2, 0) is 4.12 Å². The van der Waals surface area contributed by atoms with Crippen molar-refractivity contribution in [3.05, 3.63) is 0 Å². The summed E-state index contributed by atoms with van der Waals surface area (Å²) in [5.74, 6) is 0. The topological polar surface area (TPSA) is 33.3 Å². The number of rotatable bonds is 10. The fourth-order valence-electron chi connectivity index (χ4n) is 3.39. The molecule has 0 bridgehead atoms. The fourth-order valence-corrected chi connectivity index (χ4v) is 19.3. The molecule has 0 spiro atoms. The Kier molecular flexibility index (Phi) is 8.69. The third-order valence-corrected chi connectivity index (χ3v) is 15.0. The van der Waals surface area contributed by atoms with Gasteiger partial charge in [-0.1, -0.05) is 53.1 Å². The van der Waals surface area contributed by atoms with E-state index < -0.39 is 33.1 Å². The normalized spacial score (nSPS) is 19.3. The van der Waals surface area contributed by atoms with Crippen LogP contribution in [0, 0.1) is 0 Å². The highest BCUT2D eigenvalue weighted by Crippen LogP contribution is 2.27. The zero-order valence-corrected chi connectivity index (χ0v) is 22.0. The van der Waals surface area contributed by atoms with Gasteiger partial charge in [0.25, 0.3) is 0 Å². The zero-order valence-electron chi connectivity index (χ0n) is 18.0. The summed E-state index contributed by atoms with van der Waals surface area (Å²) >= 11 is 0. The predicted octanol–water partition coefficient (Wildman–Crippen LogP) is 4.90. The van der Waals surface area contributed by atoms with Crippen molar-refractivity contribution in [3.63, 3.8) is 0 Å². The summed E-state index contributed by atoms with van der Waals surface area (Å²) in [6.45, 7) is 28.7. The molecular formula is C16H44N2OSi4. The molecule has 0 aromatic rings. The molecule has 0 radical (unpaired) electrons. The molecule has 0 saturated carbocycles. The predicted molar refractivity (Wildman–Crippen MR) is 117 cm³/mol. The lowest BCUT2D eigenvalue weighted by Crippen LogP contribution is -2.73. The zero-order chi connectivity index (χ0) is 18.7. The van der Waals surface area contributed by atoms with Gasteiger partial charge in [0, 0.05) is 11.3 Å². The molecule has 2 atom stereocenters. The van der Waals surface area contributed by atoms with Crippen LogP contribution in [0.4, 0.5) is 0 Å². The molecule has 0 amide bonds. The third-order valence-electron chi connectivity index (χ3n) is 3.94. The minimum Gasteiger partial charge on any atom is -0.454 e. The second kappa shape index (κ2) is 8.42. The summed E-state index contributed by atoms with van der Waals surface area (Å²) < 4.78 is 7.02. The second-order valence-electron chi connectivity index (χ2n) is 10.1. The first kappa shape index (κ1) is 23.7. The summed E-state index contributed by atoms with van der Waals surface area (Å²) in [4.78, 5) is 8.09. The Morgan fingerprint density at radius 2 is 0.957 bits per heavy atom. The molecule has 0 rings (SSSR count). The molecule has 0 fully saturated rings. The Balaban J connectivity index is 5.76. The first-order chi connectivity index (χ1) is 10.0. The largest absolute Gasteiger partial charge is 0.454 e. The van der Waals surface area contributed by atoms with E-state index in [2.05, 4.69) is 89.3 Å². The molecule has 0 aliphatic rings. The molecule has 3 nitrogen and oxygen atoms in total. The minimum absolute atomic E-state index is 0.537. The van der Waals surface area contributed by atoms with Crippen LogP contribution >= 0.6 is 0 Å². The maximum atomic E-state index is 7.02. The molecule has 2 unspecified atom stereocenters. The average molecular weight is 393 g/mol. The van der Waals surface area contributed by atoms with E-state index in [1.54, 1.807) is 0 Å². The lowest BCUT2D eigenvalue weighted by atomic mass is 10.5. The first-order valence-electron chi connectivity index (χ1n) is 9.29. The van der Waals surface area contributed by atoms with Gasteiger partial charge in [0.2, 0.25) is 8.32 Å². The van der Waals surface area contributed by atoms with E-state index in [1.807, 2.05) is 0 Å². The first-order valence-corrected chi connectivity index (χ1v) is 22.3. The lowest BCUT2D eigenvalue weighted by molar-refractivity contribution is 0.464. The van der Waals surface area contributed by atoms with Crippen LogP contribution in [0.5, 0.6) is 0 Å². The molecule has 140 valence electrons. The number of hydrogen-bond acceptors (Lipinski definition) is 3. The van der Waals surface area contributed by atoms with Gasteiger partial charge in [-0.05, 0) is 39.0 Å². The monoisotopic (exact) mass is 392 g/mol.